The zero-order valence-corrected chi connectivity index (χ0v) is 56.5. The van der Waals surface area contributed by atoms with E-state index in [4.69, 9.17) is 9.47 Å². The molecule has 12 nitrogen and oxygen atoms in total. The van der Waals surface area contributed by atoms with Gasteiger partial charge in [-0.25, -0.2) is 0 Å². The monoisotopic (exact) mass is 1240 g/mol. The third-order valence-electron chi connectivity index (χ3n) is 34.0. The number of aliphatic hydroxyl groups excluding tert-OH is 2. The van der Waals surface area contributed by atoms with Crippen LogP contribution >= 0.6 is 0 Å². The zero-order chi connectivity index (χ0) is 64.5. The highest BCUT2D eigenvalue weighted by Gasteiger charge is 2.86. The summed E-state index contributed by atoms with van der Waals surface area (Å²) in [4.78, 5) is 50.2. The number of aliphatic hydroxyl groups is 4. The third kappa shape index (κ3) is 7.42. The van der Waals surface area contributed by atoms with E-state index < -0.39 is 104 Å². The van der Waals surface area contributed by atoms with Crippen LogP contribution in [0, 0.1) is 137 Å². The second kappa shape index (κ2) is 19.0. The molecule has 0 radical (unpaired) electrons. The van der Waals surface area contributed by atoms with Gasteiger partial charge >= 0.3 is 23.9 Å². The van der Waals surface area contributed by atoms with Crippen LogP contribution in [-0.2, 0) is 28.7 Å². The van der Waals surface area contributed by atoms with Crippen LogP contribution in [-0.4, -0.2) is 89.1 Å². The number of carboxylic acid groups (broad SMARTS) is 2. The molecule has 17 fully saturated rings. The van der Waals surface area contributed by atoms with Gasteiger partial charge in [0.1, 0.15) is 16.6 Å². The van der Waals surface area contributed by atoms with Crippen molar-refractivity contribution in [2.45, 2.75) is 271 Å². The number of fused-ring (bicyclic) bond motifs is 8. The van der Waals surface area contributed by atoms with Crippen molar-refractivity contribution in [3.8, 4) is 0 Å². The van der Waals surface area contributed by atoms with Crippen molar-refractivity contribution >= 4 is 23.9 Å². The highest BCUT2D eigenvalue weighted by molar-refractivity contribution is 5.87. The van der Waals surface area contributed by atoms with Gasteiger partial charge in [0.25, 0.3) is 0 Å². The minimum Gasteiger partial charge on any atom is -0.481 e. The molecule has 0 amide bonds. The number of carbonyl (C=O) groups excluding carboxylic acids is 2. The Balaban J connectivity index is 0.000000101. The van der Waals surface area contributed by atoms with Crippen molar-refractivity contribution < 1.29 is 59.3 Å². The number of allylic oxidation sites excluding steroid dienone is 1. The molecule has 15 saturated carbocycles. The van der Waals surface area contributed by atoms with E-state index in [1.165, 1.54) is 77.0 Å². The third-order valence-corrected chi connectivity index (χ3v) is 34.0. The first-order valence-electron chi connectivity index (χ1n) is 36.4. The first-order valence-corrected chi connectivity index (χ1v) is 36.4. The van der Waals surface area contributed by atoms with Crippen molar-refractivity contribution in [1.82, 2.24) is 0 Å². The van der Waals surface area contributed by atoms with Gasteiger partial charge in [-0.3, -0.25) is 19.2 Å². The maximum absolute atomic E-state index is 12.7. The molecular weight excluding hydrogens is 1130 g/mol. The van der Waals surface area contributed by atoms with Crippen molar-refractivity contribution in [3.63, 3.8) is 0 Å². The second-order valence-electron chi connectivity index (χ2n) is 38.0. The lowest BCUT2D eigenvalue weighted by atomic mass is 9.41. The van der Waals surface area contributed by atoms with Gasteiger partial charge in [-0.05, 0) is 276 Å². The molecule has 18 aliphatic rings. The summed E-state index contributed by atoms with van der Waals surface area (Å²) in [6.45, 7) is 36.7. The van der Waals surface area contributed by atoms with Crippen LogP contribution in [0.1, 0.15) is 236 Å². The summed E-state index contributed by atoms with van der Waals surface area (Å²) in [5, 5.41) is 63.3. The van der Waals surface area contributed by atoms with Gasteiger partial charge in [-0.2, -0.15) is 0 Å². The predicted molar refractivity (Wildman–Crippen MR) is 341 cm³/mol. The summed E-state index contributed by atoms with van der Waals surface area (Å²) >= 11 is 0. The van der Waals surface area contributed by atoms with Crippen molar-refractivity contribution in [2.75, 3.05) is 0 Å². The average molecular weight is 1240 g/mol. The molecule has 12 bridgehead atoms. The van der Waals surface area contributed by atoms with Gasteiger partial charge < -0.3 is 40.1 Å². The van der Waals surface area contributed by atoms with Crippen LogP contribution in [0.15, 0.2) is 48.6 Å². The normalized spacial score (nSPS) is 57.6. The largest absolute Gasteiger partial charge is 0.481 e. The Morgan fingerprint density at radius 2 is 1.12 bits per heavy atom. The average Bonchev–Trinajstić information content (AvgIpc) is 1.49. The fraction of sp³-hybridized carbons (Fsp3) is 0.846. The molecule has 6 N–H and O–H groups in total. The summed E-state index contributed by atoms with van der Waals surface area (Å²) in [7, 11) is 0. The maximum atomic E-state index is 12.7. The Morgan fingerprint density at radius 1 is 0.544 bits per heavy atom. The Bertz CT molecular complexity index is 3190. The summed E-state index contributed by atoms with van der Waals surface area (Å²) in [5.74, 6) is 1.92. The van der Waals surface area contributed by atoms with E-state index in [0.29, 0.717) is 102 Å². The number of esters is 2. The standard InChI is InChI=1S/C20H34.C20H32.C19H24O6.C19H22O6/c1-13-11-20-12-15(13)7-8-16(20)19(5)10-6-9-18(3,4)17(19)14(20)2;1-14-12-20-11-8-16-18(2,3)9-5-10-19(16,4)17(20)7-6-15(14)13-20;2*1-9-7-17-8-18(9,24)5-3-10(17)19-6-4-11(20)16(2,15(23)25-19)13(19)12(17)14(21)22/h13-17H,6-12H2,1-5H3;15-17H,1,5-13H2,2-4H3;10-13,20,24H,1,3-8H2,2H3,(H,21,22);4,6,10-13,20,24H,1,3,5,7-8H2,2H3,(H,21,22)/t13-,14-,15+,16?,17+,19-,20+;15-,16+,17-,19-,20-;10-,11+,12-,13-,16+,17+,18+,19-;10?,11-,12+,13?,16-,17-,18-,19?/m0010/s1. The van der Waals surface area contributed by atoms with Crippen molar-refractivity contribution in [2.24, 2.45) is 137 Å². The molecule has 28 atom stereocenters. The van der Waals surface area contributed by atoms with Gasteiger partial charge in [0, 0.05) is 23.7 Å². The maximum Gasteiger partial charge on any atom is 0.316 e. The number of carboxylic acids is 2. The molecule has 496 valence electrons. The lowest BCUT2D eigenvalue weighted by Gasteiger charge is -2.64. The van der Waals surface area contributed by atoms with E-state index in [-0.39, 0.29) is 11.8 Å². The highest BCUT2D eigenvalue weighted by Crippen LogP contribution is 2.82. The lowest BCUT2D eigenvalue weighted by Crippen LogP contribution is -2.55. The molecule has 2 aliphatic heterocycles. The fourth-order valence-corrected chi connectivity index (χ4v) is 31.1. The number of hydrogen-bond acceptors (Lipinski definition) is 10. The Kier molecular flexibility index (Phi) is 13.3. The SMILES string of the molecule is C=C1C[C@]23CC[C@@H]4C(C)(C)CCC[C@]4(C)[C@@H]2CC[C@H]1C3.C=C1C[C@]23C[C@@]1(O)CCC2C12C=C[C@H](O)[C@](C)(C(=O)O1)C2[C@@H]3C(=O)O.C=C1C[C@]23C[C@@]1(O)CC[C@H]2[C@@]12CC[C@H](O)[C@](C)(C(=O)O1)[C@H]2[C@@H]3C(=O)O.C[C@H]1C[C@]23C[C@H]1CCC2[C@]1(C)CCCC(C)(C)[C@H]1[C@@H]3C. The van der Waals surface area contributed by atoms with Crippen LogP contribution in [0.4, 0.5) is 0 Å². The van der Waals surface area contributed by atoms with Gasteiger partial charge in [0.15, 0.2) is 0 Å². The second-order valence-corrected chi connectivity index (χ2v) is 38.0. The van der Waals surface area contributed by atoms with Gasteiger partial charge in [-0.1, -0.05) is 99.6 Å². The van der Waals surface area contributed by atoms with E-state index in [9.17, 15) is 49.8 Å². The van der Waals surface area contributed by atoms with Gasteiger partial charge in [0.05, 0.1) is 40.7 Å². The molecule has 0 aromatic carbocycles. The molecule has 4 unspecified atom stereocenters. The molecule has 2 heterocycles. The summed E-state index contributed by atoms with van der Waals surface area (Å²) in [6, 6.07) is 0. The number of aliphatic carboxylic acids is 2. The molecule has 4 spiro atoms. The number of rotatable bonds is 2. The van der Waals surface area contributed by atoms with Crippen LogP contribution in [0.3, 0.4) is 0 Å². The Labute approximate surface area is 537 Å². The van der Waals surface area contributed by atoms with Gasteiger partial charge in [0.2, 0.25) is 0 Å². The topological polar surface area (TPSA) is 208 Å². The molecule has 0 aromatic rings. The van der Waals surface area contributed by atoms with Crippen molar-refractivity contribution in [3.05, 3.63) is 48.6 Å². The number of hydrogen-bond donors (Lipinski definition) is 6. The first kappa shape index (κ1) is 62.8. The van der Waals surface area contributed by atoms with E-state index in [2.05, 4.69) is 75.1 Å². The Hall–Kier alpha value is -3.32. The lowest BCUT2D eigenvalue weighted by molar-refractivity contribution is -0.165. The van der Waals surface area contributed by atoms with Crippen LogP contribution in [0.5, 0.6) is 0 Å². The van der Waals surface area contributed by atoms with E-state index >= 15 is 0 Å². The van der Waals surface area contributed by atoms with E-state index in [1.807, 2.05) is 0 Å². The molecule has 0 aromatic heterocycles. The smallest absolute Gasteiger partial charge is 0.316 e. The van der Waals surface area contributed by atoms with Crippen LogP contribution in [0.25, 0.3) is 0 Å². The van der Waals surface area contributed by atoms with E-state index in [0.717, 1.165) is 52.8 Å². The first-order chi connectivity index (χ1) is 41.9. The van der Waals surface area contributed by atoms with Gasteiger partial charge in [-0.15, -0.1) is 0 Å². The summed E-state index contributed by atoms with van der Waals surface area (Å²) < 4.78 is 11.8. The minimum atomic E-state index is -1.27. The quantitative estimate of drug-likeness (QED) is 0.113. The Morgan fingerprint density at radius 3 is 1.78 bits per heavy atom. The van der Waals surface area contributed by atoms with Crippen molar-refractivity contribution in [1.29, 1.82) is 0 Å². The summed E-state index contributed by atoms with van der Waals surface area (Å²) in [5.41, 5.74) is -0.723. The molecule has 16 aliphatic carbocycles. The molecule has 90 heavy (non-hydrogen) atoms. The highest BCUT2D eigenvalue weighted by atomic mass is 16.6. The zero-order valence-electron chi connectivity index (χ0n) is 56.5. The van der Waals surface area contributed by atoms with Crippen LogP contribution in [0.2, 0.25) is 0 Å². The fourth-order valence-electron chi connectivity index (χ4n) is 31.1. The molecular formula is C78H112O12. The van der Waals surface area contributed by atoms with Crippen LogP contribution < -0.4 is 0 Å². The summed E-state index contributed by atoms with van der Waals surface area (Å²) in [6.07, 6.45) is 30.2. The minimum absolute atomic E-state index is 0.0936. The molecule has 12 heteroatoms. The predicted octanol–water partition coefficient (Wildman–Crippen LogP) is 14.2. The molecule has 2 saturated heterocycles. The number of carbonyl (C=O) groups is 4. The number of ether oxygens (including phenoxy) is 2. The van der Waals surface area contributed by atoms with E-state index in [1.54, 1.807) is 57.3 Å². The molecule has 18 rings (SSSR count).